The van der Waals surface area contributed by atoms with Gasteiger partial charge in [-0.15, -0.1) is 0 Å². The van der Waals surface area contributed by atoms with Gasteiger partial charge in [-0.25, -0.2) is 0 Å². The highest BCUT2D eigenvalue weighted by Gasteiger charge is 2.28. The summed E-state index contributed by atoms with van der Waals surface area (Å²) < 4.78 is 9.73. The van der Waals surface area contributed by atoms with Crippen molar-refractivity contribution in [1.29, 1.82) is 0 Å². The van der Waals surface area contributed by atoms with Crippen LogP contribution in [0.4, 0.5) is 0 Å². The van der Waals surface area contributed by atoms with E-state index in [1.807, 2.05) is 0 Å². The van der Waals surface area contributed by atoms with Crippen molar-refractivity contribution in [3.8, 4) is 0 Å². The third-order valence-corrected chi connectivity index (χ3v) is 2.88. The second kappa shape index (κ2) is 6.80. The molecule has 4 heteroatoms. The van der Waals surface area contributed by atoms with Gasteiger partial charge >= 0.3 is 5.97 Å². The Hall–Kier alpha value is -0.610. The Morgan fingerprint density at radius 1 is 1.40 bits per heavy atom. The SMILES string of the molecule is COCCCCN1CCC(C(=O)OC)C1. The van der Waals surface area contributed by atoms with Crippen LogP contribution in [0.15, 0.2) is 0 Å². The van der Waals surface area contributed by atoms with Crippen LogP contribution in [0.25, 0.3) is 0 Å². The minimum atomic E-state index is -0.0607. The first-order chi connectivity index (χ1) is 7.27. The van der Waals surface area contributed by atoms with Gasteiger partial charge in [0, 0.05) is 20.3 Å². The predicted molar refractivity (Wildman–Crippen MR) is 57.7 cm³/mol. The summed E-state index contributed by atoms with van der Waals surface area (Å²) in [6, 6.07) is 0. The molecule has 1 rings (SSSR count). The summed E-state index contributed by atoms with van der Waals surface area (Å²) in [5, 5.41) is 0. The maximum Gasteiger partial charge on any atom is 0.310 e. The van der Waals surface area contributed by atoms with Crippen LogP contribution >= 0.6 is 0 Å². The number of unbranched alkanes of at least 4 members (excludes halogenated alkanes) is 1. The molecule has 1 atom stereocenters. The first-order valence-corrected chi connectivity index (χ1v) is 5.57. The molecule has 1 aliphatic heterocycles. The maximum atomic E-state index is 11.3. The lowest BCUT2D eigenvalue weighted by atomic mass is 10.1. The summed E-state index contributed by atoms with van der Waals surface area (Å²) in [4.78, 5) is 13.6. The Bertz CT molecular complexity index is 196. The number of carbonyl (C=O) groups excluding carboxylic acids is 1. The van der Waals surface area contributed by atoms with Crippen LogP contribution in [0.1, 0.15) is 19.3 Å². The Kier molecular flexibility index (Phi) is 5.65. The van der Waals surface area contributed by atoms with E-state index in [-0.39, 0.29) is 11.9 Å². The average molecular weight is 215 g/mol. The van der Waals surface area contributed by atoms with E-state index in [0.717, 1.165) is 45.5 Å². The lowest BCUT2D eigenvalue weighted by molar-refractivity contribution is -0.144. The van der Waals surface area contributed by atoms with Crippen molar-refractivity contribution < 1.29 is 14.3 Å². The highest BCUT2D eigenvalue weighted by atomic mass is 16.5. The Morgan fingerprint density at radius 2 is 2.20 bits per heavy atom. The highest BCUT2D eigenvalue weighted by molar-refractivity contribution is 5.72. The molecule has 0 radical (unpaired) electrons. The van der Waals surface area contributed by atoms with Gasteiger partial charge in [0.15, 0.2) is 0 Å². The van der Waals surface area contributed by atoms with Crippen LogP contribution in [0.3, 0.4) is 0 Å². The molecular weight excluding hydrogens is 194 g/mol. The molecule has 0 bridgehead atoms. The number of hydrogen-bond donors (Lipinski definition) is 0. The fourth-order valence-corrected chi connectivity index (χ4v) is 1.98. The lowest BCUT2D eigenvalue weighted by Crippen LogP contribution is -2.25. The molecule has 1 saturated heterocycles. The van der Waals surface area contributed by atoms with Crippen LogP contribution in [0.5, 0.6) is 0 Å². The molecule has 88 valence electrons. The smallest absolute Gasteiger partial charge is 0.310 e. The Balaban J connectivity index is 2.11. The molecule has 0 aromatic rings. The largest absolute Gasteiger partial charge is 0.469 e. The summed E-state index contributed by atoms with van der Waals surface area (Å²) in [6.45, 7) is 3.78. The van der Waals surface area contributed by atoms with Gasteiger partial charge in [0.05, 0.1) is 13.0 Å². The van der Waals surface area contributed by atoms with Crippen LogP contribution < -0.4 is 0 Å². The van der Waals surface area contributed by atoms with Crippen molar-refractivity contribution >= 4 is 5.97 Å². The van der Waals surface area contributed by atoms with E-state index in [1.54, 1.807) is 7.11 Å². The second-order valence-electron chi connectivity index (χ2n) is 4.01. The third kappa shape index (κ3) is 4.18. The first-order valence-electron chi connectivity index (χ1n) is 5.57. The zero-order valence-electron chi connectivity index (χ0n) is 9.70. The summed E-state index contributed by atoms with van der Waals surface area (Å²) in [5.41, 5.74) is 0. The van der Waals surface area contributed by atoms with Crippen molar-refractivity contribution in [2.24, 2.45) is 5.92 Å². The molecule has 0 aromatic carbocycles. The number of ether oxygens (including phenoxy) is 2. The molecule has 0 spiro atoms. The topological polar surface area (TPSA) is 38.8 Å². The summed E-state index contributed by atoms with van der Waals surface area (Å²) in [7, 11) is 3.19. The normalized spacial score (nSPS) is 21.9. The highest BCUT2D eigenvalue weighted by Crippen LogP contribution is 2.17. The molecule has 0 N–H and O–H groups in total. The quantitative estimate of drug-likeness (QED) is 0.487. The molecule has 1 unspecified atom stereocenters. The van der Waals surface area contributed by atoms with Gasteiger partial charge < -0.3 is 14.4 Å². The number of methoxy groups -OCH3 is 2. The monoisotopic (exact) mass is 215 g/mol. The van der Waals surface area contributed by atoms with Crippen LogP contribution in [0, 0.1) is 5.92 Å². The van der Waals surface area contributed by atoms with Gasteiger partial charge in [0.1, 0.15) is 0 Å². The third-order valence-electron chi connectivity index (χ3n) is 2.88. The van der Waals surface area contributed by atoms with Gasteiger partial charge in [-0.2, -0.15) is 0 Å². The van der Waals surface area contributed by atoms with Gasteiger partial charge in [-0.1, -0.05) is 0 Å². The number of likely N-dealkylation sites (tertiary alicyclic amines) is 1. The van der Waals surface area contributed by atoms with E-state index in [2.05, 4.69) is 4.90 Å². The first kappa shape index (κ1) is 12.5. The molecule has 4 nitrogen and oxygen atoms in total. The van der Waals surface area contributed by atoms with E-state index < -0.39 is 0 Å². The van der Waals surface area contributed by atoms with E-state index >= 15 is 0 Å². The molecule has 0 saturated carbocycles. The van der Waals surface area contributed by atoms with Crippen LogP contribution in [-0.2, 0) is 14.3 Å². The lowest BCUT2D eigenvalue weighted by Gasteiger charge is -2.14. The number of hydrogen-bond acceptors (Lipinski definition) is 4. The van der Waals surface area contributed by atoms with E-state index in [9.17, 15) is 4.79 Å². The average Bonchev–Trinajstić information content (AvgIpc) is 2.72. The molecular formula is C11H21NO3. The summed E-state index contributed by atoms with van der Waals surface area (Å²) in [5.74, 6) is 0.0341. The number of rotatable bonds is 6. The van der Waals surface area contributed by atoms with Gasteiger partial charge in [-0.3, -0.25) is 4.79 Å². The van der Waals surface area contributed by atoms with E-state index in [0.29, 0.717) is 0 Å². The maximum absolute atomic E-state index is 11.3. The zero-order chi connectivity index (χ0) is 11.1. The molecule has 0 amide bonds. The summed E-state index contributed by atoms with van der Waals surface area (Å²) in [6.07, 6.45) is 3.18. The Labute approximate surface area is 91.5 Å². The molecule has 1 aliphatic rings. The fourth-order valence-electron chi connectivity index (χ4n) is 1.98. The van der Waals surface area contributed by atoms with Crippen LogP contribution in [-0.4, -0.2) is 51.3 Å². The molecule has 1 heterocycles. The fraction of sp³-hybridized carbons (Fsp3) is 0.909. The number of nitrogens with zero attached hydrogens (tertiary/aromatic N) is 1. The second-order valence-corrected chi connectivity index (χ2v) is 4.01. The molecule has 1 fully saturated rings. The molecule has 15 heavy (non-hydrogen) atoms. The zero-order valence-corrected chi connectivity index (χ0v) is 9.70. The molecule has 0 aromatic heterocycles. The van der Waals surface area contributed by atoms with Gasteiger partial charge in [-0.05, 0) is 32.4 Å². The molecule has 0 aliphatic carbocycles. The van der Waals surface area contributed by atoms with Gasteiger partial charge in [0.2, 0.25) is 0 Å². The van der Waals surface area contributed by atoms with Crippen LogP contribution in [0.2, 0.25) is 0 Å². The summed E-state index contributed by atoms with van der Waals surface area (Å²) >= 11 is 0. The van der Waals surface area contributed by atoms with E-state index in [4.69, 9.17) is 9.47 Å². The van der Waals surface area contributed by atoms with Crippen molar-refractivity contribution in [1.82, 2.24) is 4.90 Å². The van der Waals surface area contributed by atoms with Crippen molar-refractivity contribution in [2.45, 2.75) is 19.3 Å². The minimum Gasteiger partial charge on any atom is -0.469 e. The van der Waals surface area contributed by atoms with Crippen molar-refractivity contribution in [3.05, 3.63) is 0 Å². The van der Waals surface area contributed by atoms with Gasteiger partial charge in [0.25, 0.3) is 0 Å². The van der Waals surface area contributed by atoms with E-state index in [1.165, 1.54) is 7.11 Å². The minimum absolute atomic E-state index is 0.0607. The number of carbonyl (C=O) groups is 1. The van der Waals surface area contributed by atoms with Crippen molar-refractivity contribution in [3.63, 3.8) is 0 Å². The number of esters is 1. The standard InChI is InChI=1S/C11H21NO3/c1-14-8-4-3-6-12-7-5-10(9-12)11(13)15-2/h10H,3-9H2,1-2H3. The van der Waals surface area contributed by atoms with Crippen molar-refractivity contribution in [2.75, 3.05) is 40.5 Å². The predicted octanol–water partition coefficient (Wildman–Crippen LogP) is 0.908. The Morgan fingerprint density at radius 3 is 2.87 bits per heavy atom.